The van der Waals surface area contributed by atoms with Gasteiger partial charge in [0.1, 0.15) is 11.4 Å². The van der Waals surface area contributed by atoms with Crippen molar-refractivity contribution in [2.75, 3.05) is 7.11 Å². The number of hydrogen-bond donors (Lipinski definition) is 1. The first-order chi connectivity index (χ1) is 13.2. The van der Waals surface area contributed by atoms with Crippen LogP contribution in [0.5, 0.6) is 5.75 Å². The van der Waals surface area contributed by atoms with Crippen LogP contribution in [0, 0.1) is 12.8 Å². The van der Waals surface area contributed by atoms with Gasteiger partial charge < -0.3 is 10.1 Å². The van der Waals surface area contributed by atoms with Crippen molar-refractivity contribution in [3.63, 3.8) is 0 Å². The molecule has 0 saturated heterocycles. The van der Waals surface area contributed by atoms with E-state index >= 15 is 0 Å². The number of nitrogens with zero attached hydrogens (tertiary/aromatic N) is 2. The Hall–Kier alpha value is -2.44. The summed E-state index contributed by atoms with van der Waals surface area (Å²) in [6, 6.07) is 5.72. The number of ether oxygens (including phenoxy) is 1. The highest BCUT2D eigenvalue weighted by atomic mass is 19.3. The molecule has 1 atom stereocenters. The predicted molar refractivity (Wildman–Crippen MR) is 105 cm³/mol. The van der Waals surface area contributed by atoms with Crippen molar-refractivity contribution in [1.82, 2.24) is 15.1 Å². The average molecular weight is 393 g/mol. The summed E-state index contributed by atoms with van der Waals surface area (Å²) in [5.74, 6) is 0.108. The van der Waals surface area contributed by atoms with Gasteiger partial charge in [0.05, 0.1) is 18.2 Å². The topological polar surface area (TPSA) is 56.2 Å². The third-order valence-corrected chi connectivity index (χ3v) is 5.18. The monoisotopic (exact) mass is 393 g/mol. The number of halogens is 2. The van der Waals surface area contributed by atoms with E-state index in [1.54, 1.807) is 7.11 Å². The zero-order chi connectivity index (χ0) is 21.1. The van der Waals surface area contributed by atoms with E-state index in [1.807, 2.05) is 45.9 Å². The molecule has 0 spiro atoms. The van der Waals surface area contributed by atoms with Crippen LogP contribution in [0.2, 0.25) is 0 Å². The van der Waals surface area contributed by atoms with E-state index < -0.39 is 23.6 Å². The van der Waals surface area contributed by atoms with Gasteiger partial charge in [0.2, 0.25) is 0 Å². The largest absolute Gasteiger partial charge is 0.496 e. The Labute approximate surface area is 165 Å². The lowest BCUT2D eigenvalue weighted by Gasteiger charge is -2.41. The number of methoxy groups -OCH3 is 1. The molecule has 0 bridgehead atoms. The maximum atomic E-state index is 13.4. The van der Waals surface area contributed by atoms with Crippen molar-refractivity contribution in [2.45, 2.75) is 52.5 Å². The molecule has 1 aromatic heterocycles. The molecule has 0 aliphatic heterocycles. The molecule has 1 heterocycles. The fourth-order valence-electron chi connectivity index (χ4n) is 3.86. The van der Waals surface area contributed by atoms with Crippen LogP contribution < -0.4 is 10.1 Å². The van der Waals surface area contributed by atoms with Crippen LogP contribution in [-0.4, -0.2) is 22.8 Å². The highest BCUT2D eigenvalue weighted by Crippen LogP contribution is 2.42. The number of alkyl halides is 2. The third-order valence-electron chi connectivity index (χ3n) is 5.18. The SMILES string of the molecule is CCCC(NC(=O)c1cn(C)nc1C(F)F)(c1c(C)cccc1OC)C(C)C. The van der Waals surface area contributed by atoms with Crippen molar-refractivity contribution in [3.05, 3.63) is 46.8 Å². The molecule has 5 nitrogen and oxygen atoms in total. The second-order valence-electron chi connectivity index (χ2n) is 7.38. The van der Waals surface area contributed by atoms with Gasteiger partial charge in [0.15, 0.2) is 0 Å². The maximum absolute atomic E-state index is 13.4. The number of rotatable bonds is 8. The number of carbonyl (C=O) groups is 1. The Balaban J connectivity index is 2.61. The van der Waals surface area contributed by atoms with Gasteiger partial charge in [-0.2, -0.15) is 5.10 Å². The van der Waals surface area contributed by atoms with E-state index in [4.69, 9.17) is 4.74 Å². The number of amides is 1. The second kappa shape index (κ2) is 8.71. The van der Waals surface area contributed by atoms with E-state index in [-0.39, 0.29) is 11.5 Å². The van der Waals surface area contributed by atoms with Gasteiger partial charge in [-0.1, -0.05) is 39.3 Å². The van der Waals surface area contributed by atoms with Crippen molar-refractivity contribution in [3.8, 4) is 5.75 Å². The van der Waals surface area contributed by atoms with Gasteiger partial charge in [-0.25, -0.2) is 8.78 Å². The summed E-state index contributed by atoms with van der Waals surface area (Å²) in [6.45, 7) is 8.02. The van der Waals surface area contributed by atoms with E-state index in [1.165, 1.54) is 17.9 Å². The molecular formula is C21H29F2N3O2. The summed E-state index contributed by atoms with van der Waals surface area (Å²) in [5, 5.41) is 6.84. The maximum Gasteiger partial charge on any atom is 0.282 e. The van der Waals surface area contributed by atoms with Crippen molar-refractivity contribution in [1.29, 1.82) is 0 Å². The third kappa shape index (κ3) is 4.03. The molecule has 0 aliphatic carbocycles. The number of hydrogen-bond acceptors (Lipinski definition) is 3. The zero-order valence-electron chi connectivity index (χ0n) is 17.3. The zero-order valence-corrected chi connectivity index (χ0v) is 17.3. The predicted octanol–water partition coefficient (Wildman–Crippen LogP) is 4.76. The lowest BCUT2D eigenvalue weighted by Crippen LogP contribution is -2.50. The quantitative estimate of drug-likeness (QED) is 0.704. The van der Waals surface area contributed by atoms with Crippen LogP contribution in [0.15, 0.2) is 24.4 Å². The summed E-state index contributed by atoms with van der Waals surface area (Å²) in [5.41, 5.74) is 0.474. The van der Waals surface area contributed by atoms with Crippen LogP contribution in [-0.2, 0) is 12.6 Å². The van der Waals surface area contributed by atoms with Gasteiger partial charge >= 0.3 is 0 Å². The molecular weight excluding hydrogens is 364 g/mol. The first kappa shape index (κ1) is 21.9. The molecule has 28 heavy (non-hydrogen) atoms. The van der Waals surface area contributed by atoms with Crippen LogP contribution in [0.4, 0.5) is 8.78 Å². The molecule has 2 aromatic rings. The number of nitrogens with one attached hydrogen (secondary N) is 1. The van der Waals surface area contributed by atoms with E-state index in [2.05, 4.69) is 10.4 Å². The number of carbonyl (C=O) groups excluding carboxylic acids is 1. The summed E-state index contributed by atoms with van der Waals surface area (Å²) < 4.78 is 33.6. The highest BCUT2D eigenvalue weighted by molar-refractivity contribution is 5.96. The van der Waals surface area contributed by atoms with Crippen LogP contribution in [0.25, 0.3) is 0 Å². The van der Waals surface area contributed by atoms with Gasteiger partial charge in [0.25, 0.3) is 12.3 Å². The number of aromatic nitrogens is 2. The van der Waals surface area contributed by atoms with Crippen LogP contribution in [0.1, 0.15) is 67.2 Å². The van der Waals surface area contributed by atoms with Crippen molar-refractivity contribution >= 4 is 5.91 Å². The molecule has 1 amide bonds. The second-order valence-corrected chi connectivity index (χ2v) is 7.38. The summed E-state index contributed by atoms with van der Waals surface area (Å²) in [7, 11) is 3.11. The van der Waals surface area contributed by atoms with Gasteiger partial charge in [-0.05, 0) is 30.9 Å². The number of benzene rings is 1. The van der Waals surface area contributed by atoms with Crippen molar-refractivity contribution < 1.29 is 18.3 Å². The van der Waals surface area contributed by atoms with E-state index in [0.717, 1.165) is 17.5 Å². The van der Waals surface area contributed by atoms with Crippen LogP contribution >= 0.6 is 0 Å². The number of aryl methyl sites for hydroxylation is 2. The molecule has 0 aliphatic rings. The summed E-state index contributed by atoms with van der Waals surface area (Å²) >= 11 is 0. The Morgan fingerprint density at radius 1 is 1.36 bits per heavy atom. The smallest absolute Gasteiger partial charge is 0.282 e. The normalized spacial score (nSPS) is 13.6. The van der Waals surface area contributed by atoms with Crippen molar-refractivity contribution in [2.24, 2.45) is 13.0 Å². The summed E-state index contributed by atoms with van der Waals surface area (Å²) in [4.78, 5) is 13.1. The Bertz CT molecular complexity index is 833. The lowest BCUT2D eigenvalue weighted by atomic mass is 9.74. The molecule has 154 valence electrons. The minimum absolute atomic E-state index is 0.00179. The Morgan fingerprint density at radius 3 is 2.57 bits per heavy atom. The molecule has 1 unspecified atom stereocenters. The van der Waals surface area contributed by atoms with E-state index in [0.29, 0.717) is 12.2 Å². The minimum Gasteiger partial charge on any atom is -0.496 e. The Kier molecular flexibility index (Phi) is 6.80. The molecule has 1 aromatic carbocycles. The fraction of sp³-hybridized carbons (Fsp3) is 0.524. The van der Waals surface area contributed by atoms with Gasteiger partial charge in [-0.15, -0.1) is 0 Å². The first-order valence-electron chi connectivity index (χ1n) is 9.46. The van der Waals surface area contributed by atoms with Crippen LogP contribution in [0.3, 0.4) is 0 Å². The molecule has 2 rings (SSSR count). The fourth-order valence-corrected chi connectivity index (χ4v) is 3.86. The van der Waals surface area contributed by atoms with Gasteiger partial charge in [0, 0.05) is 18.8 Å². The average Bonchev–Trinajstić information content (AvgIpc) is 3.03. The minimum atomic E-state index is -2.82. The lowest BCUT2D eigenvalue weighted by molar-refractivity contribution is 0.0833. The van der Waals surface area contributed by atoms with Gasteiger partial charge in [-0.3, -0.25) is 9.48 Å². The van der Waals surface area contributed by atoms with E-state index in [9.17, 15) is 13.6 Å². The summed E-state index contributed by atoms with van der Waals surface area (Å²) in [6.07, 6.45) is -0.0511. The molecule has 1 N–H and O–H groups in total. The molecule has 0 saturated carbocycles. The highest BCUT2D eigenvalue weighted by Gasteiger charge is 2.41. The molecule has 0 radical (unpaired) electrons. The molecule has 0 fully saturated rings. The Morgan fingerprint density at radius 2 is 2.04 bits per heavy atom. The first-order valence-corrected chi connectivity index (χ1v) is 9.46. The standard InChI is InChI=1S/C21H29F2N3O2/c1-7-11-21(13(2)3,17-14(4)9-8-10-16(17)28-6)24-20(27)15-12-26(5)25-18(15)19(22)23/h8-10,12-13,19H,7,11H2,1-6H3,(H,24,27). The molecule has 7 heteroatoms.